The summed E-state index contributed by atoms with van der Waals surface area (Å²) in [6.45, 7) is 0.413. The molecule has 3 aromatic rings. The number of pyridine rings is 1. The van der Waals surface area contributed by atoms with Crippen LogP contribution in [0.5, 0.6) is 11.5 Å². The minimum absolute atomic E-state index is 0.111. The van der Waals surface area contributed by atoms with E-state index in [1.54, 1.807) is 31.5 Å². The number of hydrogen-bond donors (Lipinski definition) is 1. The van der Waals surface area contributed by atoms with Crippen molar-refractivity contribution in [1.29, 1.82) is 0 Å². The molecule has 0 radical (unpaired) electrons. The maximum Gasteiger partial charge on any atom is 0.337 e. The van der Waals surface area contributed by atoms with Gasteiger partial charge in [0.05, 0.1) is 12.7 Å². The molecule has 0 saturated carbocycles. The molecule has 0 unspecified atom stereocenters. The Kier molecular flexibility index (Phi) is 5.53. The maximum absolute atomic E-state index is 11.5. The van der Waals surface area contributed by atoms with E-state index in [1.807, 2.05) is 30.3 Å². The highest BCUT2D eigenvalue weighted by Crippen LogP contribution is 2.37. The van der Waals surface area contributed by atoms with Gasteiger partial charge >= 0.3 is 5.97 Å². The van der Waals surface area contributed by atoms with Gasteiger partial charge in [-0.15, -0.1) is 0 Å². The summed E-state index contributed by atoms with van der Waals surface area (Å²) >= 11 is 3.38. The van der Waals surface area contributed by atoms with Crippen LogP contribution in [0.25, 0.3) is 11.1 Å². The Morgan fingerprint density at radius 3 is 2.58 bits per heavy atom. The first-order chi connectivity index (χ1) is 12.6. The number of carboxylic acids is 1. The van der Waals surface area contributed by atoms with Crippen molar-refractivity contribution < 1.29 is 19.4 Å². The number of aromatic carboxylic acids is 1. The van der Waals surface area contributed by atoms with E-state index in [2.05, 4.69) is 20.9 Å². The predicted octanol–water partition coefficient (Wildman–Crippen LogP) is 4.80. The van der Waals surface area contributed by atoms with E-state index in [4.69, 9.17) is 9.47 Å². The Bertz CT molecular complexity index is 928. The Morgan fingerprint density at radius 2 is 1.88 bits per heavy atom. The summed E-state index contributed by atoms with van der Waals surface area (Å²) in [5.74, 6) is 0.0674. The zero-order valence-electron chi connectivity index (χ0n) is 14.0. The molecule has 0 fully saturated rings. The summed E-state index contributed by atoms with van der Waals surface area (Å²) in [7, 11) is 1.55. The van der Waals surface area contributed by atoms with Crippen LogP contribution < -0.4 is 9.47 Å². The lowest BCUT2D eigenvalue weighted by molar-refractivity contribution is 0.0697. The second-order valence-corrected chi connectivity index (χ2v) is 6.34. The van der Waals surface area contributed by atoms with E-state index in [-0.39, 0.29) is 5.56 Å². The predicted molar refractivity (Wildman–Crippen MR) is 102 cm³/mol. The number of carboxylic acid groups (broad SMARTS) is 1. The highest BCUT2D eigenvalue weighted by molar-refractivity contribution is 9.10. The molecule has 1 aromatic heterocycles. The highest BCUT2D eigenvalue weighted by atomic mass is 79.9. The molecule has 3 rings (SSSR count). The molecule has 2 aromatic carbocycles. The second kappa shape index (κ2) is 8.01. The van der Waals surface area contributed by atoms with E-state index in [1.165, 1.54) is 6.20 Å². The molecule has 0 aliphatic carbocycles. The first kappa shape index (κ1) is 17.9. The van der Waals surface area contributed by atoms with Crippen LogP contribution in [0, 0.1) is 0 Å². The summed E-state index contributed by atoms with van der Waals surface area (Å²) in [6, 6.07) is 15.1. The molecular weight excluding hydrogens is 398 g/mol. The highest BCUT2D eigenvalue weighted by Gasteiger charge is 2.17. The third kappa shape index (κ3) is 3.86. The van der Waals surface area contributed by atoms with Crippen LogP contribution in [-0.2, 0) is 6.61 Å². The van der Waals surface area contributed by atoms with Gasteiger partial charge in [-0.2, -0.15) is 0 Å². The van der Waals surface area contributed by atoms with Crippen LogP contribution in [0.4, 0.5) is 0 Å². The largest absolute Gasteiger partial charge is 0.493 e. The number of halogens is 1. The van der Waals surface area contributed by atoms with Gasteiger partial charge in [0.2, 0.25) is 0 Å². The topological polar surface area (TPSA) is 68.7 Å². The molecule has 0 aliphatic heterocycles. The zero-order valence-corrected chi connectivity index (χ0v) is 15.6. The van der Waals surface area contributed by atoms with Crippen LogP contribution in [0.15, 0.2) is 65.4 Å². The molecule has 1 N–H and O–H groups in total. The fourth-order valence-corrected chi connectivity index (χ4v) is 3.13. The van der Waals surface area contributed by atoms with Crippen molar-refractivity contribution in [3.8, 4) is 22.6 Å². The number of ether oxygens (including phenoxy) is 2. The van der Waals surface area contributed by atoms with Crippen molar-refractivity contribution in [3.63, 3.8) is 0 Å². The summed E-state index contributed by atoms with van der Waals surface area (Å²) in [5, 5.41) is 9.43. The molecule has 0 aliphatic rings. The zero-order chi connectivity index (χ0) is 18.5. The summed E-state index contributed by atoms with van der Waals surface area (Å²) in [6.07, 6.45) is 2.89. The van der Waals surface area contributed by atoms with Crippen molar-refractivity contribution in [2.75, 3.05) is 7.11 Å². The van der Waals surface area contributed by atoms with Gasteiger partial charge in [-0.1, -0.05) is 36.4 Å². The lowest BCUT2D eigenvalue weighted by Gasteiger charge is -2.14. The van der Waals surface area contributed by atoms with Gasteiger partial charge in [-0.05, 0) is 39.2 Å². The van der Waals surface area contributed by atoms with Gasteiger partial charge in [0.15, 0.2) is 11.5 Å². The molecule has 132 valence electrons. The smallest absolute Gasteiger partial charge is 0.337 e. The molecule has 0 bridgehead atoms. The Labute approximate surface area is 159 Å². The van der Waals surface area contributed by atoms with Crippen molar-refractivity contribution >= 4 is 21.9 Å². The maximum atomic E-state index is 11.5. The van der Waals surface area contributed by atoms with Gasteiger partial charge in [-0.25, -0.2) is 4.79 Å². The van der Waals surface area contributed by atoms with Gasteiger partial charge in [0.25, 0.3) is 0 Å². The quantitative estimate of drug-likeness (QED) is 0.628. The number of rotatable bonds is 6. The summed E-state index contributed by atoms with van der Waals surface area (Å²) in [4.78, 5) is 15.4. The normalized spacial score (nSPS) is 10.4. The second-order valence-electron chi connectivity index (χ2n) is 5.49. The van der Waals surface area contributed by atoms with Gasteiger partial charge in [0, 0.05) is 22.4 Å². The lowest BCUT2D eigenvalue weighted by Crippen LogP contribution is -2.02. The van der Waals surface area contributed by atoms with Gasteiger partial charge < -0.3 is 14.6 Å². The molecule has 5 nitrogen and oxygen atoms in total. The number of hydrogen-bond acceptors (Lipinski definition) is 4. The molecule has 0 atom stereocenters. The van der Waals surface area contributed by atoms with Crippen LogP contribution in [0.2, 0.25) is 0 Å². The number of benzene rings is 2. The first-order valence-electron chi connectivity index (χ1n) is 7.82. The Hall–Kier alpha value is -2.86. The average molecular weight is 414 g/mol. The molecule has 26 heavy (non-hydrogen) atoms. The number of carbonyl (C=O) groups is 1. The molecule has 1 heterocycles. The van der Waals surface area contributed by atoms with Crippen LogP contribution in [0.1, 0.15) is 15.9 Å². The monoisotopic (exact) mass is 413 g/mol. The Balaban J connectivity index is 1.94. The fourth-order valence-electron chi connectivity index (χ4n) is 2.57. The first-order valence-corrected chi connectivity index (χ1v) is 8.61. The number of aromatic nitrogens is 1. The number of nitrogens with zero attached hydrogens (tertiary/aromatic N) is 1. The van der Waals surface area contributed by atoms with Gasteiger partial charge in [0.1, 0.15) is 6.61 Å². The SMILES string of the molecule is COc1cc(-c2c(Br)cncc2C(=O)O)ccc1OCc1ccccc1. The van der Waals surface area contributed by atoms with E-state index >= 15 is 0 Å². The van der Waals surface area contributed by atoms with Crippen molar-refractivity contribution in [2.24, 2.45) is 0 Å². The standard InChI is InChI=1S/C20H16BrNO4/c1-25-18-9-14(19-15(20(23)24)10-22-11-16(19)21)7-8-17(18)26-12-13-5-3-2-4-6-13/h2-11H,12H2,1H3,(H,23,24). The van der Waals surface area contributed by atoms with E-state index in [0.717, 1.165) is 5.56 Å². The van der Waals surface area contributed by atoms with E-state index in [9.17, 15) is 9.90 Å². The van der Waals surface area contributed by atoms with Gasteiger partial charge in [-0.3, -0.25) is 4.98 Å². The summed E-state index contributed by atoms with van der Waals surface area (Å²) in [5.41, 5.74) is 2.39. The summed E-state index contributed by atoms with van der Waals surface area (Å²) < 4.78 is 11.9. The van der Waals surface area contributed by atoms with E-state index < -0.39 is 5.97 Å². The molecule has 6 heteroatoms. The van der Waals surface area contributed by atoms with Crippen molar-refractivity contribution in [1.82, 2.24) is 4.98 Å². The van der Waals surface area contributed by atoms with Crippen LogP contribution in [0.3, 0.4) is 0 Å². The molecule has 0 saturated heterocycles. The average Bonchev–Trinajstić information content (AvgIpc) is 2.67. The fraction of sp³-hybridized carbons (Fsp3) is 0.100. The molecule has 0 spiro atoms. The van der Waals surface area contributed by atoms with E-state index in [0.29, 0.717) is 33.7 Å². The Morgan fingerprint density at radius 1 is 1.12 bits per heavy atom. The molecule has 0 amide bonds. The number of methoxy groups -OCH3 is 1. The molecular formula is C20H16BrNO4. The van der Waals surface area contributed by atoms with Crippen LogP contribution >= 0.6 is 15.9 Å². The van der Waals surface area contributed by atoms with Crippen molar-refractivity contribution in [2.45, 2.75) is 6.61 Å². The van der Waals surface area contributed by atoms with Crippen molar-refractivity contribution in [3.05, 3.63) is 76.5 Å². The minimum Gasteiger partial charge on any atom is -0.493 e. The minimum atomic E-state index is -1.04. The lowest BCUT2D eigenvalue weighted by atomic mass is 10.0. The third-order valence-electron chi connectivity index (χ3n) is 3.82. The third-order valence-corrected chi connectivity index (χ3v) is 4.42. The van der Waals surface area contributed by atoms with Crippen LogP contribution in [-0.4, -0.2) is 23.2 Å².